The van der Waals surface area contributed by atoms with Gasteiger partial charge in [0.25, 0.3) is 0 Å². The number of hydrogen-bond donors (Lipinski definition) is 7. The van der Waals surface area contributed by atoms with Gasteiger partial charge in [0.1, 0.15) is 30.5 Å². The minimum atomic E-state index is -5.11. The summed E-state index contributed by atoms with van der Waals surface area (Å²) in [6.07, 6.45) is 15.9. The Labute approximate surface area is 300 Å². The molecule has 1 aliphatic rings. The maximum absolute atomic E-state index is 12.9. The van der Waals surface area contributed by atoms with Crippen LogP contribution in [0.2, 0.25) is 0 Å². The topological polar surface area (TPSA) is 212 Å². The Balaban J connectivity index is 2.77. The summed E-state index contributed by atoms with van der Waals surface area (Å²) in [5, 5.41) is 54.6. The molecule has 0 spiro atoms. The lowest BCUT2D eigenvalue weighted by Gasteiger charge is -2.41. The molecule has 294 valence electrons. The quantitative estimate of drug-likeness (QED) is 0.0311. The average Bonchev–Trinajstić information content (AvgIpc) is 3.08. The number of carbonyl (C=O) groups is 1. The molecule has 0 saturated carbocycles. The van der Waals surface area contributed by atoms with Gasteiger partial charge < -0.3 is 40.3 Å². The zero-order chi connectivity index (χ0) is 37.2. The lowest BCUT2D eigenvalue weighted by atomic mass is 9.99. The number of amides is 1. The van der Waals surface area contributed by atoms with E-state index in [0.29, 0.717) is 12.8 Å². The molecule has 7 N–H and O–H groups in total. The van der Waals surface area contributed by atoms with E-state index in [4.69, 9.17) is 14.0 Å². The van der Waals surface area contributed by atoms with Crippen LogP contribution in [0.3, 0.4) is 0 Å². The zero-order valence-electron chi connectivity index (χ0n) is 30.3. The summed E-state index contributed by atoms with van der Waals surface area (Å²) in [5.41, 5.74) is 0. The highest BCUT2D eigenvalue weighted by atomic mass is 32.3. The molecule has 1 saturated heterocycles. The second kappa shape index (κ2) is 28.1. The maximum atomic E-state index is 12.9. The Kier molecular flexibility index (Phi) is 26.2. The first-order chi connectivity index (χ1) is 23.9. The van der Waals surface area contributed by atoms with E-state index in [-0.39, 0.29) is 6.42 Å². The van der Waals surface area contributed by atoms with Crippen LogP contribution in [-0.2, 0) is 28.9 Å². The molecule has 0 aliphatic carbocycles. The van der Waals surface area contributed by atoms with E-state index >= 15 is 0 Å². The van der Waals surface area contributed by atoms with Crippen LogP contribution in [0, 0.1) is 0 Å². The van der Waals surface area contributed by atoms with Gasteiger partial charge in [0.05, 0.1) is 25.4 Å². The maximum Gasteiger partial charge on any atom is 0.397 e. The van der Waals surface area contributed by atoms with Crippen molar-refractivity contribution in [2.24, 2.45) is 0 Å². The van der Waals surface area contributed by atoms with Gasteiger partial charge in [0.15, 0.2) is 6.29 Å². The van der Waals surface area contributed by atoms with Crippen molar-refractivity contribution in [2.75, 3.05) is 13.2 Å². The molecule has 13 nitrogen and oxygen atoms in total. The van der Waals surface area contributed by atoms with Crippen LogP contribution >= 0.6 is 0 Å². The van der Waals surface area contributed by atoms with Gasteiger partial charge in [-0.05, 0) is 32.1 Å². The third kappa shape index (κ3) is 21.2. The van der Waals surface area contributed by atoms with E-state index in [0.717, 1.165) is 38.5 Å². The van der Waals surface area contributed by atoms with Crippen LogP contribution in [-0.4, -0.2) is 107 Å². The van der Waals surface area contributed by atoms with Crippen molar-refractivity contribution >= 4 is 16.3 Å². The Morgan fingerprint density at radius 3 is 1.92 bits per heavy atom. The van der Waals surface area contributed by atoms with E-state index in [1.807, 2.05) is 0 Å². The third-order valence-corrected chi connectivity index (χ3v) is 9.31. The fourth-order valence-electron chi connectivity index (χ4n) is 5.77. The lowest BCUT2D eigenvalue weighted by Crippen LogP contribution is -2.61. The largest absolute Gasteiger partial charge is 0.397 e. The van der Waals surface area contributed by atoms with Crippen LogP contribution < -0.4 is 5.32 Å². The minimum Gasteiger partial charge on any atom is -0.394 e. The molecular formula is C36H67NO12S. The van der Waals surface area contributed by atoms with Gasteiger partial charge in [-0.15, -0.1) is 0 Å². The Bertz CT molecular complexity index is 1030. The molecule has 0 bridgehead atoms. The molecule has 1 aliphatic heterocycles. The summed E-state index contributed by atoms with van der Waals surface area (Å²) < 4.78 is 47.1. The predicted octanol–water partition coefficient (Wildman–Crippen LogP) is 4.40. The van der Waals surface area contributed by atoms with Crippen LogP contribution in [0.4, 0.5) is 0 Å². The molecule has 50 heavy (non-hydrogen) atoms. The van der Waals surface area contributed by atoms with E-state index in [1.54, 1.807) is 6.08 Å². The van der Waals surface area contributed by atoms with Crippen molar-refractivity contribution in [3.63, 3.8) is 0 Å². The first kappa shape index (κ1) is 46.6. The number of allylic oxidation sites excluding steroid dienone is 3. The van der Waals surface area contributed by atoms with Gasteiger partial charge in [0, 0.05) is 0 Å². The first-order valence-corrected chi connectivity index (χ1v) is 20.2. The molecule has 8 atom stereocenters. The molecule has 1 amide bonds. The molecule has 0 radical (unpaired) electrons. The summed E-state index contributed by atoms with van der Waals surface area (Å²) in [4.78, 5) is 12.9. The molecule has 0 aromatic rings. The second-order valence-electron chi connectivity index (χ2n) is 13.3. The van der Waals surface area contributed by atoms with E-state index in [9.17, 15) is 38.7 Å². The van der Waals surface area contributed by atoms with Crippen molar-refractivity contribution in [1.82, 2.24) is 5.32 Å². The van der Waals surface area contributed by atoms with Gasteiger partial charge in [-0.25, -0.2) is 4.18 Å². The van der Waals surface area contributed by atoms with Crippen molar-refractivity contribution in [3.8, 4) is 0 Å². The van der Waals surface area contributed by atoms with Crippen LogP contribution in [0.15, 0.2) is 24.3 Å². The normalized spacial score (nSPS) is 23.4. The summed E-state index contributed by atoms with van der Waals surface area (Å²) >= 11 is 0. The highest BCUT2D eigenvalue weighted by Gasteiger charge is 2.48. The number of aliphatic hydroxyl groups is 5. The molecule has 1 fully saturated rings. The number of unbranched alkanes of at least 4 members (excludes halogenated alkanes) is 15. The number of rotatable bonds is 30. The third-order valence-electron chi connectivity index (χ3n) is 8.84. The standard InChI is InChI=1S/C36H67NO12S/c1-3-5-7-9-11-13-14-15-16-17-19-20-22-24-29(39)28(37-35(43)30(40)25-23-21-18-12-10-8-6-4-2)27-47-36-33(42)34(49-50(44,45)46)32(41)31(26-38)48-36/h16-17,22,24,28-34,36,38-42H,3-15,18-21,23,25-27H2,1-2H3,(H,37,43)(H,44,45,46)/b17-16+,24-22+. The predicted molar refractivity (Wildman–Crippen MR) is 191 cm³/mol. The second-order valence-corrected chi connectivity index (χ2v) is 14.3. The van der Waals surface area contributed by atoms with E-state index in [2.05, 4.69) is 35.5 Å². The first-order valence-electron chi connectivity index (χ1n) is 18.8. The Morgan fingerprint density at radius 1 is 0.800 bits per heavy atom. The van der Waals surface area contributed by atoms with E-state index in [1.165, 1.54) is 70.3 Å². The van der Waals surface area contributed by atoms with Crippen molar-refractivity contribution in [1.29, 1.82) is 0 Å². The molecule has 0 aromatic carbocycles. The van der Waals surface area contributed by atoms with Crippen LogP contribution in [0.25, 0.3) is 0 Å². The number of carbonyl (C=O) groups excluding carboxylic acids is 1. The Hall–Kier alpha value is -1.46. The summed E-state index contributed by atoms with van der Waals surface area (Å²) in [6, 6.07) is -1.13. The number of ether oxygens (including phenoxy) is 2. The SMILES string of the molecule is CCCCCCCCC/C=C/CC/C=C/C(O)C(COC1OC(CO)C(O)C(OS(=O)(=O)O)C1O)NC(=O)C(O)CCCCCCCCCC. The van der Waals surface area contributed by atoms with Crippen molar-refractivity contribution in [3.05, 3.63) is 24.3 Å². The fourth-order valence-corrected chi connectivity index (χ4v) is 6.28. The van der Waals surface area contributed by atoms with Crippen molar-refractivity contribution in [2.45, 2.75) is 185 Å². The lowest BCUT2D eigenvalue weighted by molar-refractivity contribution is -0.298. The average molecular weight is 738 g/mol. The summed E-state index contributed by atoms with van der Waals surface area (Å²) in [6.45, 7) is 3.10. The molecule has 1 heterocycles. The molecule has 1 rings (SSSR count). The van der Waals surface area contributed by atoms with Gasteiger partial charge in [-0.1, -0.05) is 128 Å². The molecule has 8 unspecified atom stereocenters. The molecule has 14 heteroatoms. The van der Waals surface area contributed by atoms with Gasteiger partial charge in [-0.3, -0.25) is 9.35 Å². The summed E-state index contributed by atoms with van der Waals surface area (Å²) in [5.74, 6) is -0.719. The monoisotopic (exact) mass is 737 g/mol. The van der Waals surface area contributed by atoms with Crippen molar-refractivity contribution < 1.29 is 57.0 Å². The van der Waals surface area contributed by atoms with Crippen LogP contribution in [0.1, 0.15) is 136 Å². The fraction of sp³-hybridized carbons (Fsp3) is 0.861. The molecule has 0 aromatic heterocycles. The smallest absolute Gasteiger partial charge is 0.394 e. The number of nitrogens with one attached hydrogen (secondary N) is 1. The molecular weight excluding hydrogens is 670 g/mol. The number of aliphatic hydroxyl groups excluding tert-OH is 5. The van der Waals surface area contributed by atoms with E-state index < -0.39 is 78.5 Å². The highest BCUT2D eigenvalue weighted by Crippen LogP contribution is 2.26. The van der Waals surface area contributed by atoms with Gasteiger partial charge >= 0.3 is 10.4 Å². The van der Waals surface area contributed by atoms with Crippen LogP contribution in [0.5, 0.6) is 0 Å². The number of hydrogen-bond acceptors (Lipinski definition) is 11. The zero-order valence-corrected chi connectivity index (χ0v) is 31.1. The van der Waals surface area contributed by atoms with Gasteiger partial charge in [0.2, 0.25) is 5.91 Å². The van der Waals surface area contributed by atoms with Gasteiger partial charge in [-0.2, -0.15) is 8.42 Å². The minimum absolute atomic E-state index is 0.237. The summed E-state index contributed by atoms with van der Waals surface area (Å²) in [7, 11) is -5.11. The Morgan fingerprint density at radius 2 is 1.34 bits per heavy atom. The highest BCUT2D eigenvalue weighted by molar-refractivity contribution is 7.80.